The number of hydrogen-bond donors (Lipinski definition) is 0. The fourth-order valence-corrected chi connectivity index (χ4v) is 3.00. The SMILES string of the molecule is COc1cccc(C(=O)/C=C/c2ccc(OC)c(Cn3cc(Br)cn3)c2)c1. The molecule has 0 spiro atoms. The molecule has 0 saturated carbocycles. The molecule has 0 bridgehead atoms. The summed E-state index contributed by atoms with van der Waals surface area (Å²) >= 11 is 3.40. The van der Waals surface area contributed by atoms with Crippen LogP contribution in [0.1, 0.15) is 21.5 Å². The van der Waals surface area contributed by atoms with Crippen molar-refractivity contribution >= 4 is 27.8 Å². The lowest BCUT2D eigenvalue weighted by atomic mass is 10.1. The molecule has 0 aliphatic carbocycles. The number of halogens is 1. The van der Waals surface area contributed by atoms with Gasteiger partial charge in [-0.2, -0.15) is 5.10 Å². The number of hydrogen-bond acceptors (Lipinski definition) is 4. The maximum Gasteiger partial charge on any atom is 0.185 e. The van der Waals surface area contributed by atoms with E-state index in [0.29, 0.717) is 17.9 Å². The van der Waals surface area contributed by atoms with Crippen LogP contribution < -0.4 is 9.47 Å². The second kappa shape index (κ2) is 8.68. The smallest absolute Gasteiger partial charge is 0.185 e. The molecule has 3 aromatic rings. The second-order valence-corrected chi connectivity index (χ2v) is 6.77. The van der Waals surface area contributed by atoms with Gasteiger partial charge in [-0.25, -0.2) is 0 Å². The number of nitrogens with zero attached hydrogens (tertiary/aromatic N) is 2. The van der Waals surface area contributed by atoms with Crippen molar-refractivity contribution in [3.05, 3.63) is 82.1 Å². The van der Waals surface area contributed by atoms with Gasteiger partial charge in [0.1, 0.15) is 11.5 Å². The number of allylic oxidation sites excluding steroid dienone is 1. The maximum absolute atomic E-state index is 12.4. The van der Waals surface area contributed by atoms with E-state index in [2.05, 4.69) is 21.0 Å². The van der Waals surface area contributed by atoms with E-state index in [1.807, 2.05) is 35.1 Å². The van der Waals surface area contributed by atoms with Gasteiger partial charge in [0.15, 0.2) is 5.78 Å². The van der Waals surface area contributed by atoms with Crippen molar-refractivity contribution in [2.75, 3.05) is 14.2 Å². The molecule has 1 heterocycles. The Morgan fingerprint density at radius 1 is 1.19 bits per heavy atom. The molecule has 5 nitrogen and oxygen atoms in total. The van der Waals surface area contributed by atoms with Gasteiger partial charge in [0.05, 0.1) is 31.4 Å². The summed E-state index contributed by atoms with van der Waals surface area (Å²) in [4.78, 5) is 12.4. The highest BCUT2D eigenvalue weighted by molar-refractivity contribution is 9.10. The quantitative estimate of drug-likeness (QED) is 0.408. The molecule has 0 saturated heterocycles. The summed E-state index contributed by atoms with van der Waals surface area (Å²) < 4.78 is 13.3. The zero-order valence-electron chi connectivity index (χ0n) is 15.1. The summed E-state index contributed by atoms with van der Waals surface area (Å²) in [6.07, 6.45) is 6.99. The number of methoxy groups -OCH3 is 2. The molecule has 0 aliphatic rings. The standard InChI is InChI=1S/C21H19BrN2O3/c1-26-19-5-3-4-16(11-19)20(25)8-6-15-7-9-21(27-2)17(10-15)13-24-14-18(22)12-23-24/h3-12,14H,13H2,1-2H3/b8-6+. The lowest BCUT2D eigenvalue weighted by Crippen LogP contribution is -2.02. The van der Waals surface area contributed by atoms with Crippen molar-refractivity contribution in [3.8, 4) is 11.5 Å². The largest absolute Gasteiger partial charge is 0.497 e. The molecule has 3 rings (SSSR count). The van der Waals surface area contributed by atoms with E-state index in [9.17, 15) is 4.79 Å². The van der Waals surface area contributed by atoms with Crippen molar-refractivity contribution in [2.45, 2.75) is 6.54 Å². The molecule has 0 fully saturated rings. The molecule has 0 amide bonds. The first kappa shape index (κ1) is 18.9. The minimum absolute atomic E-state index is 0.0812. The fourth-order valence-electron chi connectivity index (χ4n) is 2.67. The van der Waals surface area contributed by atoms with Crippen LogP contribution in [0, 0.1) is 0 Å². The van der Waals surface area contributed by atoms with Gasteiger partial charge in [0.25, 0.3) is 0 Å². The summed E-state index contributed by atoms with van der Waals surface area (Å²) in [7, 11) is 3.22. The van der Waals surface area contributed by atoms with Crippen LogP contribution in [0.25, 0.3) is 6.08 Å². The molecule has 1 aromatic heterocycles. The van der Waals surface area contributed by atoms with Gasteiger partial charge in [0, 0.05) is 17.3 Å². The van der Waals surface area contributed by atoms with Crippen LogP contribution in [-0.4, -0.2) is 29.8 Å². The Morgan fingerprint density at radius 3 is 2.74 bits per heavy atom. The third-order valence-electron chi connectivity index (χ3n) is 4.02. The molecule has 0 atom stereocenters. The molecule has 0 N–H and O–H groups in total. The van der Waals surface area contributed by atoms with Gasteiger partial charge in [0.2, 0.25) is 0 Å². The van der Waals surface area contributed by atoms with Gasteiger partial charge in [-0.05, 0) is 51.8 Å². The third kappa shape index (κ3) is 4.86. The van der Waals surface area contributed by atoms with Crippen LogP contribution in [0.3, 0.4) is 0 Å². The summed E-state index contributed by atoms with van der Waals surface area (Å²) in [5, 5.41) is 4.28. The van der Waals surface area contributed by atoms with Crippen molar-refractivity contribution in [1.82, 2.24) is 9.78 Å². The van der Waals surface area contributed by atoms with Crippen molar-refractivity contribution in [2.24, 2.45) is 0 Å². The molecule has 138 valence electrons. The predicted octanol–water partition coefficient (Wildman–Crippen LogP) is 4.61. The highest BCUT2D eigenvalue weighted by Gasteiger charge is 2.07. The third-order valence-corrected chi connectivity index (χ3v) is 4.43. The maximum atomic E-state index is 12.4. The average molecular weight is 427 g/mol. The van der Waals surface area contributed by atoms with Crippen LogP contribution >= 0.6 is 15.9 Å². The Kier molecular flexibility index (Phi) is 6.08. The average Bonchev–Trinajstić information content (AvgIpc) is 3.11. The van der Waals surface area contributed by atoms with Crippen LogP contribution in [0.15, 0.2) is 65.4 Å². The van der Waals surface area contributed by atoms with Gasteiger partial charge < -0.3 is 9.47 Å². The van der Waals surface area contributed by atoms with Crippen molar-refractivity contribution in [1.29, 1.82) is 0 Å². The Hall–Kier alpha value is -2.86. The first-order valence-electron chi connectivity index (χ1n) is 8.30. The molecule has 6 heteroatoms. The number of ether oxygens (including phenoxy) is 2. The topological polar surface area (TPSA) is 53.4 Å². The number of benzene rings is 2. The normalized spacial score (nSPS) is 10.9. The van der Waals surface area contributed by atoms with Crippen molar-refractivity contribution in [3.63, 3.8) is 0 Å². The Balaban J connectivity index is 1.80. The number of ketones is 1. The van der Waals surface area contributed by atoms with E-state index < -0.39 is 0 Å². The molecule has 0 radical (unpaired) electrons. The van der Waals surface area contributed by atoms with Gasteiger partial charge in [-0.3, -0.25) is 9.48 Å². The zero-order chi connectivity index (χ0) is 19.2. The van der Waals surface area contributed by atoms with Gasteiger partial charge in [-0.15, -0.1) is 0 Å². The minimum Gasteiger partial charge on any atom is -0.497 e. The molecular formula is C21H19BrN2O3. The lowest BCUT2D eigenvalue weighted by molar-refractivity contribution is 0.104. The summed E-state index contributed by atoms with van der Waals surface area (Å²) in [6, 6.07) is 12.9. The summed E-state index contributed by atoms with van der Waals surface area (Å²) in [5.74, 6) is 1.35. The van der Waals surface area contributed by atoms with E-state index >= 15 is 0 Å². The van der Waals surface area contributed by atoms with E-state index in [0.717, 1.165) is 21.3 Å². The number of rotatable bonds is 7. The molecular weight excluding hydrogens is 408 g/mol. The Morgan fingerprint density at radius 2 is 2.04 bits per heavy atom. The highest BCUT2D eigenvalue weighted by atomic mass is 79.9. The Labute approximate surface area is 166 Å². The van der Waals surface area contributed by atoms with E-state index in [4.69, 9.17) is 9.47 Å². The Bertz CT molecular complexity index is 979. The van der Waals surface area contributed by atoms with Crippen LogP contribution in [0.5, 0.6) is 11.5 Å². The molecule has 27 heavy (non-hydrogen) atoms. The predicted molar refractivity (Wildman–Crippen MR) is 108 cm³/mol. The fraction of sp³-hybridized carbons (Fsp3) is 0.143. The van der Waals surface area contributed by atoms with Crippen LogP contribution in [-0.2, 0) is 6.54 Å². The van der Waals surface area contributed by atoms with E-state index in [-0.39, 0.29) is 5.78 Å². The monoisotopic (exact) mass is 426 g/mol. The molecule has 0 unspecified atom stereocenters. The van der Waals surface area contributed by atoms with Gasteiger partial charge in [-0.1, -0.05) is 24.3 Å². The zero-order valence-corrected chi connectivity index (χ0v) is 16.6. The number of aromatic nitrogens is 2. The van der Waals surface area contributed by atoms with E-state index in [1.54, 1.807) is 50.8 Å². The summed E-state index contributed by atoms with van der Waals surface area (Å²) in [6.45, 7) is 0.570. The van der Waals surface area contributed by atoms with Crippen LogP contribution in [0.4, 0.5) is 0 Å². The first-order chi connectivity index (χ1) is 13.1. The number of carbonyl (C=O) groups excluding carboxylic acids is 1. The summed E-state index contributed by atoms with van der Waals surface area (Å²) in [5.41, 5.74) is 2.47. The molecule has 2 aromatic carbocycles. The lowest BCUT2D eigenvalue weighted by Gasteiger charge is -2.09. The van der Waals surface area contributed by atoms with Gasteiger partial charge >= 0.3 is 0 Å². The highest BCUT2D eigenvalue weighted by Crippen LogP contribution is 2.22. The second-order valence-electron chi connectivity index (χ2n) is 5.86. The first-order valence-corrected chi connectivity index (χ1v) is 9.09. The van der Waals surface area contributed by atoms with E-state index in [1.165, 1.54) is 0 Å². The number of carbonyl (C=O) groups is 1. The van der Waals surface area contributed by atoms with Crippen molar-refractivity contribution < 1.29 is 14.3 Å². The molecule has 0 aliphatic heterocycles. The minimum atomic E-state index is -0.0812. The van der Waals surface area contributed by atoms with Crippen LogP contribution in [0.2, 0.25) is 0 Å².